The van der Waals surface area contributed by atoms with Crippen LogP contribution in [-0.2, 0) is 4.74 Å². The number of hydrogen-bond donors (Lipinski definition) is 3. The number of aromatic carboxylic acids is 1. The van der Waals surface area contributed by atoms with E-state index in [1.165, 1.54) is 6.07 Å². The van der Waals surface area contributed by atoms with Crippen LogP contribution in [0.4, 0.5) is 23.7 Å². The first-order valence-corrected chi connectivity index (χ1v) is 5.84. The molecule has 116 valence electrons. The van der Waals surface area contributed by atoms with Gasteiger partial charge < -0.3 is 20.5 Å². The Morgan fingerprint density at radius 1 is 1.33 bits per heavy atom. The van der Waals surface area contributed by atoms with Gasteiger partial charge in [-0.15, -0.1) is 0 Å². The molecule has 0 aliphatic carbocycles. The van der Waals surface area contributed by atoms with Gasteiger partial charge in [-0.1, -0.05) is 6.07 Å². The van der Waals surface area contributed by atoms with Crippen LogP contribution in [0.15, 0.2) is 18.2 Å². The maximum absolute atomic E-state index is 13.5. The minimum absolute atomic E-state index is 0.0879. The number of nitrogens with one attached hydrogen (secondary N) is 2. The summed E-state index contributed by atoms with van der Waals surface area (Å²) in [7, 11) is 0. The van der Waals surface area contributed by atoms with Crippen LogP contribution in [0.25, 0.3) is 0 Å². The zero-order valence-electron chi connectivity index (χ0n) is 10.7. The number of carboxylic acids is 1. The molecular formula is C12H13F3N2O4. The number of hydrogen-bond acceptors (Lipinski definition) is 3. The second-order valence-corrected chi connectivity index (χ2v) is 3.81. The van der Waals surface area contributed by atoms with Crippen LogP contribution in [0, 0.1) is 5.82 Å². The molecule has 6 nitrogen and oxygen atoms in total. The largest absolute Gasteiger partial charge is 0.478 e. The van der Waals surface area contributed by atoms with Gasteiger partial charge in [-0.25, -0.2) is 22.8 Å². The fourth-order valence-corrected chi connectivity index (χ4v) is 1.40. The van der Waals surface area contributed by atoms with Gasteiger partial charge in [-0.2, -0.15) is 0 Å². The summed E-state index contributed by atoms with van der Waals surface area (Å²) in [6.07, 6.45) is -2.60. The number of urea groups is 1. The smallest absolute Gasteiger partial charge is 0.337 e. The highest BCUT2D eigenvalue weighted by molar-refractivity contribution is 6.00. The number of amides is 2. The molecule has 0 spiro atoms. The van der Waals surface area contributed by atoms with Crippen molar-refractivity contribution in [2.75, 3.05) is 25.1 Å². The van der Waals surface area contributed by atoms with E-state index in [1.807, 2.05) is 0 Å². The van der Waals surface area contributed by atoms with E-state index in [2.05, 4.69) is 15.4 Å². The molecule has 2 amide bonds. The lowest BCUT2D eigenvalue weighted by Gasteiger charge is -2.11. The Morgan fingerprint density at radius 3 is 2.67 bits per heavy atom. The first-order chi connectivity index (χ1) is 9.91. The van der Waals surface area contributed by atoms with Crippen molar-refractivity contribution in [3.8, 4) is 0 Å². The molecule has 0 atom stereocenters. The molecule has 0 saturated carbocycles. The molecule has 1 aromatic rings. The Bertz CT molecular complexity index is 511. The topological polar surface area (TPSA) is 87.7 Å². The first-order valence-electron chi connectivity index (χ1n) is 5.84. The number of alkyl halides is 2. The predicted octanol–water partition coefficient (Wildman–Crippen LogP) is 1.93. The molecule has 0 aromatic heterocycles. The fourth-order valence-electron chi connectivity index (χ4n) is 1.40. The third-order valence-electron chi connectivity index (χ3n) is 2.26. The summed E-state index contributed by atoms with van der Waals surface area (Å²) < 4.78 is 41.5. The summed E-state index contributed by atoms with van der Waals surface area (Å²) in [4.78, 5) is 22.3. The van der Waals surface area contributed by atoms with Gasteiger partial charge in [-0.05, 0) is 12.1 Å². The average Bonchev–Trinajstić information content (AvgIpc) is 2.40. The molecule has 1 aromatic carbocycles. The number of rotatable bonds is 7. The fraction of sp³-hybridized carbons (Fsp3) is 0.333. The highest BCUT2D eigenvalue weighted by Gasteiger charge is 2.16. The van der Waals surface area contributed by atoms with Crippen molar-refractivity contribution < 1.29 is 32.6 Å². The van der Waals surface area contributed by atoms with Gasteiger partial charge in [0.1, 0.15) is 12.4 Å². The Balaban J connectivity index is 2.50. The van der Waals surface area contributed by atoms with Gasteiger partial charge in [0.15, 0.2) is 0 Å². The molecule has 0 unspecified atom stereocenters. The van der Waals surface area contributed by atoms with Crippen LogP contribution >= 0.6 is 0 Å². The van der Waals surface area contributed by atoms with E-state index >= 15 is 0 Å². The van der Waals surface area contributed by atoms with Crippen LogP contribution in [0.3, 0.4) is 0 Å². The van der Waals surface area contributed by atoms with Gasteiger partial charge in [0.25, 0.3) is 6.43 Å². The normalized spacial score (nSPS) is 10.5. The maximum Gasteiger partial charge on any atom is 0.337 e. The highest BCUT2D eigenvalue weighted by atomic mass is 19.3. The van der Waals surface area contributed by atoms with Gasteiger partial charge in [-0.3, -0.25) is 0 Å². The summed E-state index contributed by atoms with van der Waals surface area (Å²) in [5, 5.41) is 13.1. The third kappa shape index (κ3) is 5.69. The van der Waals surface area contributed by atoms with E-state index in [4.69, 9.17) is 5.11 Å². The predicted molar refractivity (Wildman–Crippen MR) is 67.2 cm³/mol. The van der Waals surface area contributed by atoms with Crippen molar-refractivity contribution in [1.29, 1.82) is 0 Å². The number of halogens is 3. The molecule has 21 heavy (non-hydrogen) atoms. The summed E-state index contributed by atoms with van der Waals surface area (Å²) in [5.41, 5.74) is -0.880. The van der Waals surface area contributed by atoms with Crippen LogP contribution in [0.5, 0.6) is 0 Å². The van der Waals surface area contributed by atoms with Crippen molar-refractivity contribution in [3.05, 3.63) is 29.6 Å². The maximum atomic E-state index is 13.5. The van der Waals surface area contributed by atoms with Crippen LogP contribution in [-0.4, -0.2) is 43.3 Å². The summed E-state index contributed by atoms with van der Waals surface area (Å²) >= 11 is 0. The number of benzene rings is 1. The second kappa shape index (κ2) is 8.10. The zero-order chi connectivity index (χ0) is 15.8. The molecule has 3 N–H and O–H groups in total. The Kier molecular flexibility index (Phi) is 6.47. The summed E-state index contributed by atoms with van der Waals surface area (Å²) in [6.45, 7) is -0.990. The molecule has 0 radical (unpaired) electrons. The van der Waals surface area contributed by atoms with Gasteiger partial charge in [0.05, 0.1) is 17.9 Å². The monoisotopic (exact) mass is 306 g/mol. The number of anilines is 1. The minimum atomic E-state index is -2.60. The standard InChI is InChI=1S/C12H13F3N2O4/c13-8-3-1-2-7(11(18)19)10(8)17-12(20)16-4-5-21-6-9(14)15/h1-3,9H,4-6H2,(H,18,19)(H2,16,17,20). The van der Waals surface area contributed by atoms with E-state index in [9.17, 15) is 22.8 Å². The number of para-hydroxylation sites is 1. The zero-order valence-corrected chi connectivity index (χ0v) is 10.7. The lowest BCUT2D eigenvalue weighted by molar-refractivity contribution is 0.0194. The van der Waals surface area contributed by atoms with Crippen LogP contribution in [0.1, 0.15) is 10.4 Å². The number of carboxylic acid groups (broad SMARTS) is 1. The molecule has 0 aliphatic heterocycles. The van der Waals surface area contributed by atoms with Gasteiger partial charge >= 0.3 is 12.0 Å². The van der Waals surface area contributed by atoms with Crippen molar-refractivity contribution in [3.63, 3.8) is 0 Å². The van der Waals surface area contributed by atoms with Crippen molar-refractivity contribution in [2.45, 2.75) is 6.43 Å². The minimum Gasteiger partial charge on any atom is -0.478 e. The molecule has 9 heteroatoms. The van der Waals surface area contributed by atoms with E-state index in [-0.39, 0.29) is 13.2 Å². The molecule has 0 saturated heterocycles. The van der Waals surface area contributed by atoms with Gasteiger partial charge in [0, 0.05) is 6.54 Å². The highest BCUT2D eigenvalue weighted by Crippen LogP contribution is 2.19. The second-order valence-electron chi connectivity index (χ2n) is 3.81. The lowest BCUT2D eigenvalue weighted by atomic mass is 10.1. The van der Waals surface area contributed by atoms with Crippen molar-refractivity contribution in [1.82, 2.24) is 5.32 Å². The molecule has 0 aliphatic rings. The summed E-state index contributed by atoms with van der Waals surface area (Å²) in [6, 6.07) is 2.45. The number of carbonyl (C=O) groups is 2. The van der Waals surface area contributed by atoms with Crippen LogP contribution < -0.4 is 10.6 Å². The van der Waals surface area contributed by atoms with Crippen LogP contribution in [0.2, 0.25) is 0 Å². The average molecular weight is 306 g/mol. The number of ether oxygens (including phenoxy) is 1. The van der Waals surface area contributed by atoms with E-state index < -0.39 is 42.1 Å². The molecule has 0 bridgehead atoms. The third-order valence-corrected chi connectivity index (χ3v) is 2.26. The number of carbonyl (C=O) groups excluding carboxylic acids is 1. The lowest BCUT2D eigenvalue weighted by Crippen LogP contribution is -2.32. The molecule has 0 fully saturated rings. The summed E-state index contributed by atoms with van der Waals surface area (Å²) in [5.74, 6) is -2.30. The van der Waals surface area contributed by atoms with E-state index in [0.717, 1.165) is 12.1 Å². The van der Waals surface area contributed by atoms with Crippen molar-refractivity contribution in [2.24, 2.45) is 0 Å². The quantitative estimate of drug-likeness (QED) is 0.672. The van der Waals surface area contributed by atoms with E-state index in [0.29, 0.717) is 0 Å². The molecular weight excluding hydrogens is 293 g/mol. The molecule has 1 rings (SSSR count). The first kappa shape index (κ1) is 16.8. The van der Waals surface area contributed by atoms with Gasteiger partial charge in [0.2, 0.25) is 0 Å². The van der Waals surface area contributed by atoms with Crippen molar-refractivity contribution >= 4 is 17.7 Å². The Labute approximate surface area is 117 Å². The Hall–Kier alpha value is -2.29. The Morgan fingerprint density at radius 2 is 2.05 bits per heavy atom. The molecule has 0 heterocycles. The van der Waals surface area contributed by atoms with E-state index in [1.54, 1.807) is 0 Å². The SMILES string of the molecule is O=C(NCCOCC(F)F)Nc1c(F)cccc1C(=O)O.